The Morgan fingerprint density at radius 2 is 1.90 bits per heavy atom. The van der Waals surface area contributed by atoms with Crippen LogP contribution in [0.4, 0.5) is 5.00 Å². The van der Waals surface area contributed by atoms with Gasteiger partial charge in [-0.1, -0.05) is 6.92 Å². The van der Waals surface area contributed by atoms with Crippen LogP contribution in [0.1, 0.15) is 56.8 Å². The van der Waals surface area contributed by atoms with E-state index in [-0.39, 0.29) is 23.4 Å². The van der Waals surface area contributed by atoms with Crippen LogP contribution >= 0.6 is 11.3 Å². The molecule has 0 aromatic carbocycles. The van der Waals surface area contributed by atoms with Crippen LogP contribution in [0, 0.1) is 11.8 Å². The topological polar surface area (TPSA) is 57.6 Å². The van der Waals surface area contributed by atoms with Gasteiger partial charge in [-0.15, -0.1) is 11.3 Å². The van der Waals surface area contributed by atoms with Gasteiger partial charge < -0.3 is 10.0 Å². The first-order valence-electron chi connectivity index (χ1n) is 7.55. The number of carbonyl (C=O) groups is 2. The number of aromatic carboxylic acids is 1. The van der Waals surface area contributed by atoms with Gasteiger partial charge in [-0.2, -0.15) is 0 Å². The molecule has 0 unspecified atom stereocenters. The number of carboxylic acids is 1. The van der Waals surface area contributed by atoms with Gasteiger partial charge in [-0.05, 0) is 56.9 Å². The zero-order valence-corrected chi connectivity index (χ0v) is 13.7. The van der Waals surface area contributed by atoms with E-state index in [2.05, 4.69) is 6.92 Å². The summed E-state index contributed by atoms with van der Waals surface area (Å²) in [6.07, 6.45) is 3.99. The van der Waals surface area contributed by atoms with Gasteiger partial charge in [0, 0.05) is 12.0 Å². The second kappa shape index (κ2) is 6.60. The van der Waals surface area contributed by atoms with E-state index >= 15 is 0 Å². The summed E-state index contributed by atoms with van der Waals surface area (Å²) in [4.78, 5) is 25.9. The Bertz CT molecular complexity index is 515. The molecule has 1 amide bonds. The lowest BCUT2D eigenvalue weighted by Gasteiger charge is -2.33. The van der Waals surface area contributed by atoms with Crippen molar-refractivity contribution < 1.29 is 14.7 Å². The Morgan fingerprint density at radius 3 is 2.43 bits per heavy atom. The summed E-state index contributed by atoms with van der Waals surface area (Å²) in [6.45, 7) is 6.10. The van der Waals surface area contributed by atoms with Gasteiger partial charge in [-0.3, -0.25) is 4.79 Å². The van der Waals surface area contributed by atoms with E-state index < -0.39 is 5.97 Å². The maximum atomic E-state index is 12.9. The number of amides is 1. The molecule has 21 heavy (non-hydrogen) atoms. The Morgan fingerprint density at radius 1 is 1.29 bits per heavy atom. The van der Waals surface area contributed by atoms with Crippen molar-refractivity contribution in [3.8, 4) is 0 Å². The molecule has 1 aliphatic rings. The highest BCUT2D eigenvalue weighted by Gasteiger charge is 2.32. The van der Waals surface area contributed by atoms with Gasteiger partial charge in [0.25, 0.3) is 0 Å². The normalized spacial score (nSPS) is 22.3. The standard InChI is InChI=1S/C16H23NO3S/c1-10(2)17(15-13(16(19)20)8-9-21-15)14(18)12-6-4-11(3)5-7-12/h8-12H,4-7H2,1-3H3,(H,19,20). The van der Waals surface area contributed by atoms with Crippen molar-refractivity contribution in [1.82, 2.24) is 0 Å². The molecule has 1 aliphatic carbocycles. The number of thiophene rings is 1. The van der Waals surface area contributed by atoms with E-state index in [1.165, 1.54) is 11.3 Å². The van der Waals surface area contributed by atoms with E-state index in [4.69, 9.17) is 0 Å². The number of anilines is 1. The third-order valence-electron chi connectivity index (χ3n) is 4.21. The van der Waals surface area contributed by atoms with E-state index in [1.807, 2.05) is 13.8 Å². The molecule has 1 saturated carbocycles. The predicted octanol–water partition coefficient (Wildman–Crippen LogP) is 4.01. The third kappa shape index (κ3) is 3.46. The van der Waals surface area contributed by atoms with Crippen LogP contribution in [0.25, 0.3) is 0 Å². The number of carboxylic acid groups (broad SMARTS) is 1. The van der Waals surface area contributed by atoms with Crippen molar-refractivity contribution in [2.75, 3.05) is 4.90 Å². The van der Waals surface area contributed by atoms with Crippen LogP contribution in [0.5, 0.6) is 0 Å². The molecule has 0 radical (unpaired) electrons. The first kappa shape index (κ1) is 16.0. The number of carbonyl (C=O) groups excluding carboxylic acids is 1. The molecule has 0 aliphatic heterocycles. The van der Waals surface area contributed by atoms with Crippen molar-refractivity contribution in [3.05, 3.63) is 17.0 Å². The van der Waals surface area contributed by atoms with Crippen LogP contribution in [0.15, 0.2) is 11.4 Å². The number of hydrogen-bond donors (Lipinski definition) is 1. The highest BCUT2D eigenvalue weighted by molar-refractivity contribution is 7.14. The Balaban J connectivity index is 2.24. The zero-order valence-electron chi connectivity index (χ0n) is 12.8. The van der Waals surface area contributed by atoms with Crippen LogP contribution in [-0.2, 0) is 4.79 Å². The zero-order chi connectivity index (χ0) is 15.6. The van der Waals surface area contributed by atoms with Crippen molar-refractivity contribution in [1.29, 1.82) is 0 Å². The van der Waals surface area contributed by atoms with Crippen molar-refractivity contribution in [3.63, 3.8) is 0 Å². The fourth-order valence-electron chi connectivity index (χ4n) is 2.94. The predicted molar refractivity (Wildman–Crippen MR) is 85.0 cm³/mol. The van der Waals surface area contributed by atoms with Crippen molar-refractivity contribution in [2.45, 2.75) is 52.5 Å². The molecular formula is C16H23NO3S. The summed E-state index contributed by atoms with van der Waals surface area (Å²) in [5.74, 6) is -0.158. The quantitative estimate of drug-likeness (QED) is 0.914. The molecule has 1 N–H and O–H groups in total. The van der Waals surface area contributed by atoms with Crippen molar-refractivity contribution in [2.24, 2.45) is 11.8 Å². The summed E-state index contributed by atoms with van der Waals surface area (Å²) < 4.78 is 0. The number of nitrogens with zero attached hydrogens (tertiary/aromatic N) is 1. The summed E-state index contributed by atoms with van der Waals surface area (Å²) >= 11 is 1.33. The first-order chi connectivity index (χ1) is 9.91. The Kier molecular flexibility index (Phi) is 5.04. The second-order valence-corrected chi connectivity index (χ2v) is 7.10. The summed E-state index contributed by atoms with van der Waals surface area (Å²) in [7, 11) is 0. The number of hydrogen-bond acceptors (Lipinski definition) is 3. The average Bonchev–Trinajstić information content (AvgIpc) is 2.88. The van der Waals surface area contributed by atoms with Crippen LogP contribution in [0.2, 0.25) is 0 Å². The molecule has 1 aromatic heterocycles. The molecule has 0 atom stereocenters. The lowest BCUT2D eigenvalue weighted by Crippen LogP contribution is -2.42. The molecule has 1 heterocycles. The molecule has 1 aromatic rings. The van der Waals surface area contributed by atoms with Gasteiger partial charge in [0.15, 0.2) is 0 Å². The minimum Gasteiger partial charge on any atom is -0.478 e. The number of rotatable bonds is 4. The molecule has 4 nitrogen and oxygen atoms in total. The molecule has 0 bridgehead atoms. The maximum absolute atomic E-state index is 12.9. The lowest BCUT2D eigenvalue weighted by atomic mass is 9.82. The fourth-order valence-corrected chi connectivity index (χ4v) is 3.97. The van der Waals surface area contributed by atoms with Gasteiger partial charge in [0.05, 0.1) is 5.56 Å². The van der Waals surface area contributed by atoms with Crippen LogP contribution < -0.4 is 4.90 Å². The van der Waals surface area contributed by atoms with E-state index in [9.17, 15) is 14.7 Å². The van der Waals surface area contributed by atoms with E-state index in [0.29, 0.717) is 10.9 Å². The first-order valence-corrected chi connectivity index (χ1v) is 8.43. The Labute approximate surface area is 129 Å². The lowest BCUT2D eigenvalue weighted by molar-refractivity contribution is -0.123. The minimum absolute atomic E-state index is 0.0337. The highest BCUT2D eigenvalue weighted by atomic mass is 32.1. The fraction of sp³-hybridized carbons (Fsp3) is 0.625. The van der Waals surface area contributed by atoms with Gasteiger partial charge >= 0.3 is 5.97 Å². The Hall–Kier alpha value is -1.36. The van der Waals surface area contributed by atoms with Gasteiger partial charge in [0.1, 0.15) is 5.00 Å². The smallest absolute Gasteiger partial charge is 0.338 e. The monoisotopic (exact) mass is 309 g/mol. The van der Waals surface area contributed by atoms with Crippen molar-refractivity contribution >= 4 is 28.2 Å². The molecule has 0 spiro atoms. The average molecular weight is 309 g/mol. The highest BCUT2D eigenvalue weighted by Crippen LogP contribution is 2.35. The van der Waals surface area contributed by atoms with E-state index in [1.54, 1.807) is 16.3 Å². The molecular weight excluding hydrogens is 286 g/mol. The van der Waals surface area contributed by atoms with Crippen LogP contribution in [0.3, 0.4) is 0 Å². The molecule has 0 saturated heterocycles. The minimum atomic E-state index is -0.970. The molecule has 5 heteroatoms. The van der Waals surface area contributed by atoms with Crippen LogP contribution in [-0.4, -0.2) is 23.0 Å². The third-order valence-corrected chi connectivity index (χ3v) is 5.12. The summed E-state index contributed by atoms with van der Waals surface area (Å²) in [5, 5.41) is 11.6. The van der Waals surface area contributed by atoms with Gasteiger partial charge in [0.2, 0.25) is 5.91 Å². The van der Waals surface area contributed by atoms with E-state index in [0.717, 1.165) is 25.7 Å². The largest absolute Gasteiger partial charge is 0.478 e. The maximum Gasteiger partial charge on any atom is 0.338 e. The summed E-state index contributed by atoms with van der Waals surface area (Å²) in [6, 6.07) is 1.54. The van der Waals surface area contributed by atoms with Gasteiger partial charge in [-0.25, -0.2) is 4.79 Å². The second-order valence-electron chi connectivity index (χ2n) is 6.20. The summed E-state index contributed by atoms with van der Waals surface area (Å²) in [5.41, 5.74) is 0.228. The molecule has 116 valence electrons. The SMILES string of the molecule is CC1CCC(C(=O)N(c2sccc2C(=O)O)C(C)C)CC1. The molecule has 1 fully saturated rings. The molecule has 2 rings (SSSR count).